The van der Waals surface area contributed by atoms with Gasteiger partial charge in [-0.25, -0.2) is 4.79 Å². The van der Waals surface area contributed by atoms with Crippen LogP contribution in [0.2, 0.25) is 0 Å². The van der Waals surface area contributed by atoms with Crippen molar-refractivity contribution in [2.75, 3.05) is 13.1 Å². The summed E-state index contributed by atoms with van der Waals surface area (Å²) in [6.07, 6.45) is 1.57. The lowest BCUT2D eigenvalue weighted by molar-refractivity contribution is 0.0525. The number of nitrogens with one attached hydrogen (secondary N) is 1. The summed E-state index contributed by atoms with van der Waals surface area (Å²) in [6, 6.07) is 0. The van der Waals surface area contributed by atoms with Crippen LogP contribution >= 0.6 is 0 Å². The Labute approximate surface area is 98.9 Å². The molecule has 0 fully saturated rings. The fourth-order valence-corrected chi connectivity index (χ4v) is 1.17. The second-order valence-electron chi connectivity index (χ2n) is 5.90. The van der Waals surface area contributed by atoms with Crippen LogP contribution in [-0.2, 0) is 4.74 Å². The van der Waals surface area contributed by atoms with Crippen LogP contribution in [0.25, 0.3) is 0 Å². The Kier molecular flexibility index (Phi) is 5.79. The van der Waals surface area contributed by atoms with Gasteiger partial charge in [0.15, 0.2) is 0 Å². The van der Waals surface area contributed by atoms with Crippen molar-refractivity contribution in [2.45, 2.75) is 53.1 Å². The minimum Gasteiger partial charge on any atom is -0.444 e. The monoisotopic (exact) mass is 230 g/mol. The molecular formula is C12H26N2O2. The smallest absolute Gasteiger partial charge is 0.407 e. The lowest BCUT2D eigenvalue weighted by Crippen LogP contribution is -2.33. The first-order valence-corrected chi connectivity index (χ1v) is 5.83. The van der Waals surface area contributed by atoms with Gasteiger partial charge in [-0.3, -0.25) is 0 Å². The number of alkyl carbamates (subject to hydrolysis) is 1. The number of carbonyl (C=O) groups is 1. The van der Waals surface area contributed by atoms with E-state index in [9.17, 15) is 4.79 Å². The second kappa shape index (κ2) is 6.09. The first-order valence-electron chi connectivity index (χ1n) is 5.83. The Morgan fingerprint density at radius 3 is 2.25 bits per heavy atom. The normalized spacial score (nSPS) is 12.4. The molecule has 0 aromatic heterocycles. The van der Waals surface area contributed by atoms with E-state index in [4.69, 9.17) is 10.5 Å². The maximum atomic E-state index is 11.3. The van der Waals surface area contributed by atoms with Gasteiger partial charge in [0.1, 0.15) is 5.60 Å². The molecule has 16 heavy (non-hydrogen) atoms. The van der Waals surface area contributed by atoms with Crippen LogP contribution in [-0.4, -0.2) is 24.8 Å². The Morgan fingerprint density at radius 1 is 1.25 bits per heavy atom. The van der Waals surface area contributed by atoms with Gasteiger partial charge in [0.25, 0.3) is 0 Å². The summed E-state index contributed by atoms with van der Waals surface area (Å²) < 4.78 is 5.12. The summed E-state index contributed by atoms with van der Waals surface area (Å²) in [5, 5.41) is 2.73. The Hall–Kier alpha value is -0.770. The highest BCUT2D eigenvalue weighted by molar-refractivity contribution is 5.67. The minimum atomic E-state index is -0.430. The van der Waals surface area contributed by atoms with Crippen LogP contribution in [0.3, 0.4) is 0 Å². The van der Waals surface area contributed by atoms with Gasteiger partial charge >= 0.3 is 6.09 Å². The highest BCUT2D eigenvalue weighted by Crippen LogP contribution is 2.19. The molecular weight excluding hydrogens is 204 g/mol. The zero-order valence-electron chi connectivity index (χ0n) is 11.2. The van der Waals surface area contributed by atoms with Gasteiger partial charge < -0.3 is 15.8 Å². The summed E-state index contributed by atoms with van der Waals surface area (Å²) in [4.78, 5) is 11.3. The average Bonchev–Trinajstić information content (AvgIpc) is 2.10. The molecule has 0 atom stereocenters. The standard InChI is InChI=1S/C12H26N2O2/c1-11(2,3)16-10(15)14-8-6-7-12(4,5)9-13/h6-9,13H2,1-5H3,(H,14,15). The first kappa shape index (κ1) is 15.2. The molecule has 0 spiro atoms. The number of ether oxygens (including phenoxy) is 1. The van der Waals surface area contributed by atoms with Crippen molar-refractivity contribution >= 4 is 6.09 Å². The minimum absolute atomic E-state index is 0.148. The molecule has 0 saturated heterocycles. The maximum absolute atomic E-state index is 11.3. The maximum Gasteiger partial charge on any atom is 0.407 e. The predicted molar refractivity (Wildman–Crippen MR) is 66.3 cm³/mol. The Balaban J connectivity index is 3.64. The molecule has 1 amide bonds. The summed E-state index contributed by atoms with van der Waals surface area (Å²) >= 11 is 0. The SMILES string of the molecule is CC(C)(CN)CCCNC(=O)OC(C)(C)C. The van der Waals surface area contributed by atoms with E-state index in [-0.39, 0.29) is 11.5 Å². The molecule has 0 rings (SSSR count). The van der Waals surface area contributed by atoms with Crippen LogP contribution in [0.1, 0.15) is 47.5 Å². The predicted octanol–water partition coefficient (Wildman–Crippen LogP) is 2.28. The van der Waals surface area contributed by atoms with Crippen LogP contribution < -0.4 is 11.1 Å². The van der Waals surface area contributed by atoms with Gasteiger partial charge in [-0.1, -0.05) is 13.8 Å². The molecule has 96 valence electrons. The van der Waals surface area contributed by atoms with Gasteiger partial charge in [-0.05, 0) is 45.6 Å². The van der Waals surface area contributed by atoms with Crippen molar-refractivity contribution < 1.29 is 9.53 Å². The van der Waals surface area contributed by atoms with Crippen LogP contribution in [0.4, 0.5) is 4.79 Å². The Bertz CT molecular complexity index is 220. The molecule has 0 radical (unpaired) electrons. The zero-order valence-corrected chi connectivity index (χ0v) is 11.2. The van der Waals surface area contributed by atoms with Crippen molar-refractivity contribution in [3.05, 3.63) is 0 Å². The van der Waals surface area contributed by atoms with Crippen molar-refractivity contribution in [2.24, 2.45) is 11.1 Å². The molecule has 0 saturated carbocycles. The fourth-order valence-electron chi connectivity index (χ4n) is 1.17. The number of rotatable bonds is 5. The van der Waals surface area contributed by atoms with E-state index in [0.717, 1.165) is 12.8 Å². The molecule has 0 aliphatic rings. The molecule has 0 heterocycles. The molecule has 0 bridgehead atoms. The lowest BCUT2D eigenvalue weighted by Gasteiger charge is -2.23. The number of amides is 1. The molecule has 4 nitrogen and oxygen atoms in total. The molecule has 0 aliphatic carbocycles. The largest absolute Gasteiger partial charge is 0.444 e. The molecule has 0 aromatic carbocycles. The summed E-state index contributed by atoms with van der Waals surface area (Å²) in [5.41, 5.74) is 5.34. The molecule has 4 heteroatoms. The van der Waals surface area contributed by atoms with E-state index in [1.807, 2.05) is 20.8 Å². The van der Waals surface area contributed by atoms with E-state index >= 15 is 0 Å². The van der Waals surface area contributed by atoms with Gasteiger partial charge in [0.2, 0.25) is 0 Å². The van der Waals surface area contributed by atoms with Crippen LogP contribution in [0.15, 0.2) is 0 Å². The van der Waals surface area contributed by atoms with E-state index in [1.54, 1.807) is 0 Å². The number of nitrogens with two attached hydrogens (primary N) is 1. The number of hydrogen-bond donors (Lipinski definition) is 2. The fraction of sp³-hybridized carbons (Fsp3) is 0.917. The molecule has 0 aliphatic heterocycles. The third-order valence-corrected chi connectivity index (χ3v) is 2.25. The highest BCUT2D eigenvalue weighted by Gasteiger charge is 2.17. The number of carbonyl (C=O) groups excluding carboxylic acids is 1. The summed E-state index contributed by atoms with van der Waals surface area (Å²) in [6.45, 7) is 11.1. The lowest BCUT2D eigenvalue weighted by atomic mass is 9.88. The van der Waals surface area contributed by atoms with Crippen LogP contribution in [0, 0.1) is 5.41 Å². The van der Waals surface area contributed by atoms with Crippen molar-refractivity contribution in [1.82, 2.24) is 5.32 Å². The Morgan fingerprint density at radius 2 is 1.81 bits per heavy atom. The van der Waals surface area contributed by atoms with Gasteiger partial charge in [0.05, 0.1) is 0 Å². The quantitative estimate of drug-likeness (QED) is 0.712. The van der Waals surface area contributed by atoms with Gasteiger partial charge in [0, 0.05) is 6.54 Å². The van der Waals surface area contributed by atoms with Crippen molar-refractivity contribution in [1.29, 1.82) is 0 Å². The first-order chi connectivity index (χ1) is 7.16. The van der Waals surface area contributed by atoms with Gasteiger partial charge in [-0.2, -0.15) is 0 Å². The van der Waals surface area contributed by atoms with E-state index in [1.165, 1.54) is 0 Å². The highest BCUT2D eigenvalue weighted by atomic mass is 16.6. The van der Waals surface area contributed by atoms with E-state index < -0.39 is 5.60 Å². The average molecular weight is 230 g/mol. The summed E-state index contributed by atoms with van der Waals surface area (Å²) in [5.74, 6) is 0. The van der Waals surface area contributed by atoms with Crippen molar-refractivity contribution in [3.8, 4) is 0 Å². The topological polar surface area (TPSA) is 64.3 Å². The third kappa shape index (κ3) is 8.53. The molecule has 3 N–H and O–H groups in total. The van der Waals surface area contributed by atoms with Gasteiger partial charge in [-0.15, -0.1) is 0 Å². The van der Waals surface area contributed by atoms with Crippen LogP contribution in [0.5, 0.6) is 0 Å². The third-order valence-electron chi connectivity index (χ3n) is 2.25. The molecule has 0 aromatic rings. The van der Waals surface area contributed by atoms with Crippen molar-refractivity contribution in [3.63, 3.8) is 0 Å². The molecule has 0 unspecified atom stereocenters. The van der Waals surface area contributed by atoms with E-state index in [0.29, 0.717) is 13.1 Å². The zero-order chi connectivity index (χ0) is 12.8. The second-order valence-corrected chi connectivity index (χ2v) is 5.90. The van der Waals surface area contributed by atoms with E-state index in [2.05, 4.69) is 19.2 Å². The summed E-state index contributed by atoms with van der Waals surface area (Å²) in [7, 11) is 0. The number of hydrogen-bond acceptors (Lipinski definition) is 3.